The minimum Gasteiger partial charge on any atom is -0.362 e. The second-order valence-corrected chi connectivity index (χ2v) is 2.13. The van der Waals surface area contributed by atoms with Gasteiger partial charge in [0.1, 0.15) is 0 Å². The maximum atomic E-state index is 10.7. The Bertz CT molecular complexity index is 255. The zero-order valence-electron chi connectivity index (χ0n) is 5.22. The van der Waals surface area contributed by atoms with Crippen molar-refractivity contribution in [1.29, 1.82) is 0 Å². The fourth-order valence-corrected chi connectivity index (χ4v) is 0.0655. The van der Waals surface area contributed by atoms with Gasteiger partial charge in [-0.15, -0.1) is 0 Å². The van der Waals surface area contributed by atoms with Gasteiger partial charge in [-0.25, -0.2) is 0 Å². The Kier molecular flexibility index (Phi) is 5.48. The second kappa shape index (κ2) is 4.83. The smallest absolute Gasteiger partial charge is 0.362 e. The van der Waals surface area contributed by atoms with Crippen LogP contribution in [-0.2, 0) is 10.4 Å². The van der Waals surface area contributed by atoms with Crippen molar-refractivity contribution in [2.24, 2.45) is 0 Å². The van der Waals surface area contributed by atoms with Crippen LogP contribution in [0.5, 0.6) is 0 Å². The van der Waals surface area contributed by atoms with Crippen molar-refractivity contribution in [3.63, 3.8) is 0 Å². The molecule has 0 unspecified atom stereocenters. The third-order valence-corrected chi connectivity index (χ3v) is 0.204. The minimum absolute atomic E-state index is 0.507. The predicted molar refractivity (Wildman–Crippen MR) is 29.9 cm³/mol. The molecule has 0 aliphatic heterocycles. The van der Waals surface area contributed by atoms with Gasteiger partial charge in [0.15, 0.2) is 0 Å². The summed E-state index contributed by atoms with van der Waals surface area (Å²) in [5.74, 6) is 0. The highest BCUT2D eigenvalue weighted by Gasteiger charge is 2.30. The van der Waals surface area contributed by atoms with Gasteiger partial charge in [-0.3, -0.25) is 9.11 Å². The number of rotatable bonds is 0. The SMILES string of the molecule is O=S(=O)(O)O.[N-]=[N+]=CC(F)(F)F. The van der Waals surface area contributed by atoms with Gasteiger partial charge in [-0.05, 0) is 0 Å². The molecule has 2 N–H and O–H groups in total. The highest BCUT2D eigenvalue weighted by Crippen LogP contribution is 2.08. The van der Waals surface area contributed by atoms with E-state index >= 15 is 0 Å². The Balaban J connectivity index is 0. The number of halogens is 3. The first-order valence-electron chi connectivity index (χ1n) is 2.01. The average molecular weight is 208 g/mol. The zero-order chi connectivity index (χ0) is 10.4. The molecule has 0 amide bonds. The van der Waals surface area contributed by atoms with Crippen LogP contribution in [0, 0.1) is 0 Å². The Morgan fingerprint density at radius 2 is 1.58 bits per heavy atom. The van der Waals surface area contributed by atoms with Crippen LogP contribution in [0.1, 0.15) is 0 Å². The molecule has 0 aliphatic carbocycles. The van der Waals surface area contributed by atoms with Gasteiger partial charge in [0.2, 0.25) is 0 Å². The van der Waals surface area contributed by atoms with E-state index in [1.165, 1.54) is 0 Å². The molecule has 0 rings (SSSR count). The van der Waals surface area contributed by atoms with E-state index in [-0.39, 0.29) is 0 Å². The van der Waals surface area contributed by atoms with E-state index in [0.29, 0.717) is 0 Å². The normalized spacial score (nSPS) is 10.8. The summed E-state index contributed by atoms with van der Waals surface area (Å²) in [5.41, 5.74) is 7.25. The highest BCUT2D eigenvalue weighted by molar-refractivity contribution is 7.79. The van der Waals surface area contributed by atoms with E-state index in [4.69, 9.17) is 23.1 Å². The molecule has 6 nitrogen and oxygen atoms in total. The first-order valence-corrected chi connectivity index (χ1v) is 3.41. The summed E-state index contributed by atoms with van der Waals surface area (Å²) in [6.07, 6.45) is -5.00. The molecule has 0 saturated carbocycles. The number of alkyl halides is 3. The monoisotopic (exact) mass is 208 g/mol. The lowest BCUT2D eigenvalue weighted by Gasteiger charge is -1.84. The van der Waals surface area contributed by atoms with Crippen LogP contribution in [0.25, 0.3) is 5.53 Å². The molecule has 0 bridgehead atoms. The van der Waals surface area contributed by atoms with Gasteiger partial charge in [0.25, 0.3) is 0 Å². The van der Waals surface area contributed by atoms with Gasteiger partial charge in [-0.2, -0.15) is 26.4 Å². The molecule has 10 heteroatoms. The quantitative estimate of drug-likeness (QED) is 0.256. The lowest BCUT2D eigenvalue weighted by molar-refractivity contribution is -0.102. The summed E-state index contributed by atoms with van der Waals surface area (Å²) in [5, 5.41) is 0. The van der Waals surface area contributed by atoms with E-state index < -0.39 is 22.8 Å². The Morgan fingerprint density at radius 1 is 1.33 bits per heavy atom. The van der Waals surface area contributed by atoms with Crippen molar-refractivity contribution < 1.29 is 35.5 Å². The number of hydrogen-bond acceptors (Lipinski definition) is 2. The molecule has 12 heavy (non-hydrogen) atoms. The van der Waals surface area contributed by atoms with Crippen LogP contribution >= 0.6 is 0 Å². The fourth-order valence-electron chi connectivity index (χ4n) is 0.0655. The standard InChI is InChI=1S/C2HF3N2.H2O4S/c3-2(4,5)1-7-6;1-5(2,3)4/h1H;(H2,1,2,3,4). The van der Waals surface area contributed by atoms with Gasteiger partial charge in [0.05, 0.1) is 0 Å². The third kappa shape index (κ3) is 63.2. The lowest BCUT2D eigenvalue weighted by Crippen LogP contribution is -2.08. The summed E-state index contributed by atoms with van der Waals surface area (Å²) >= 11 is 0. The fraction of sp³-hybridized carbons (Fsp3) is 0.500. The molecule has 0 atom stereocenters. The van der Waals surface area contributed by atoms with Crippen LogP contribution < -0.4 is 0 Å². The van der Waals surface area contributed by atoms with Gasteiger partial charge < -0.3 is 5.53 Å². The maximum Gasteiger partial charge on any atom is 0.487 e. The third-order valence-electron chi connectivity index (χ3n) is 0.204. The molecule has 0 aromatic carbocycles. The molecule has 0 radical (unpaired) electrons. The van der Waals surface area contributed by atoms with Crippen LogP contribution in [0.3, 0.4) is 0 Å². The van der Waals surface area contributed by atoms with Crippen LogP contribution in [0.15, 0.2) is 0 Å². The molecule has 0 fully saturated rings. The van der Waals surface area contributed by atoms with Gasteiger partial charge in [-0.1, -0.05) is 0 Å². The average Bonchev–Trinajstić information content (AvgIpc) is 1.54. The summed E-state index contributed by atoms with van der Waals surface area (Å²) in [6.45, 7) is 0. The summed E-state index contributed by atoms with van der Waals surface area (Å²) in [6, 6.07) is 0. The molecular weight excluding hydrogens is 205 g/mol. The van der Waals surface area contributed by atoms with Crippen molar-refractivity contribution in [2.45, 2.75) is 6.18 Å². The zero-order valence-corrected chi connectivity index (χ0v) is 6.04. The molecular formula is C2H3F3N2O4S. The molecule has 72 valence electrons. The van der Waals surface area contributed by atoms with E-state index in [0.717, 1.165) is 0 Å². The van der Waals surface area contributed by atoms with E-state index in [9.17, 15) is 13.2 Å². The van der Waals surface area contributed by atoms with Gasteiger partial charge >= 0.3 is 22.8 Å². The van der Waals surface area contributed by atoms with E-state index in [2.05, 4.69) is 0 Å². The topological polar surface area (TPSA) is 111 Å². The van der Waals surface area contributed by atoms with E-state index in [1.807, 2.05) is 0 Å². The molecule has 0 aliphatic rings. The maximum absolute atomic E-state index is 10.7. The first kappa shape index (κ1) is 13.6. The highest BCUT2D eigenvalue weighted by atomic mass is 32.3. The summed E-state index contributed by atoms with van der Waals surface area (Å²) in [7, 11) is -4.67. The van der Waals surface area contributed by atoms with Crippen molar-refractivity contribution in [3.05, 3.63) is 5.53 Å². The van der Waals surface area contributed by atoms with Crippen LogP contribution in [0.4, 0.5) is 13.2 Å². The van der Waals surface area contributed by atoms with Crippen molar-refractivity contribution in [2.75, 3.05) is 0 Å². The Labute approximate surface area is 64.8 Å². The molecule has 0 heterocycles. The Hall–Kier alpha value is -0.960. The summed E-state index contributed by atoms with van der Waals surface area (Å²) < 4.78 is 63.8. The van der Waals surface area contributed by atoms with Crippen molar-refractivity contribution >= 4 is 16.6 Å². The van der Waals surface area contributed by atoms with Crippen LogP contribution in [0.2, 0.25) is 0 Å². The summed E-state index contributed by atoms with van der Waals surface area (Å²) in [4.78, 5) is 1.76. The van der Waals surface area contributed by atoms with E-state index in [1.54, 1.807) is 4.79 Å². The first-order chi connectivity index (χ1) is 5.06. The van der Waals surface area contributed by atoms with Crippen molar-refractivity contribution in [3.8, 4) is 0 Å². The van der Waals surface area contributed by atoms with Crippen LogP contribution in [-0.4, -0.2) is 34.7 Å². The molecule has 0 aromatic rings. The second-order valence-electron chi connectivity index (χ2n) is 1.23. The lowest BCUT2D eigenvalue weighted by atomic mass is 10.7. The minimum atomic E-state index is -4.67. The number of hydrogen-bond donors (Lipinski definition) is 2. The van der Waals surface area contributed by atoms with Crippen molar-refractivity contribution in [1.82, 2.24) is 0 Å². The van der Waals surface area contributed by atoms with Gasteiger partial charge in [0, 0.05) is 0 Å². The predicted octanol–water partition coefficient (Wildman–Crippen LogP) is 0.196. The Morgan fingerprint density at radius 3 is 1.58 bits per heavy atom. The number of nitrogens with zero attached hydrogens (tertiary/aromatic N) is 2. The molecule has 0 saturated heterocycles. The molecule has 0 spiro atoms. The largest absolute Gasteiger partial charge is 0.487 e. The molecule has 0 aromatic heterocycles.